The third kappa shape index (κ3) is 2.29. The van der Waals surface area contributed by atoms with E-state index in [9.17, 15) is 0 Å². The third-order valence-electron chi connectivity index (χ3n) is 2.11. The van der Waals surface area contributed by atoms with E-state index in [-0.39, 0.29) is 0 Å². The van der Waals surface area contributed by atoms with Gasteiger partial charge in [-0.2, -0.15) is 0 Å². The van der Waals surface area contributed by atoms with Gasteiger partial charge in [0.1, 0.15) is 5.82 Å². The van der Waals surface area contributed by atoms with Crippen LogP contribution in [0.5, 0.6) is 0 Å². The fourth-order valence-electron chi connectivity index (χ4n) is 1.49. The molecule has 0 spiro atoms. The number of rotatable bonds is 2. The van der Waals surface area contributed by atoms with E-state index < -0.39 is 0 Å². The van der Waals surface area contributed by atoms with Crippen LogP contribution in [0.1, 0.15) is 13.8 Å². The Balaban J connectivity index is 2.50. The number of halogens is 1. The number of fused-ring (bicyclic) bond motifs is 1. The Kier molecular flexibility index (Phi) is 2.91. The molecule has 15 heavy (non-hydrogen) atoms. The fraction of sp³-hybridized carbons (Fsp3) is 0.250. The molecule has 1 aromatic heterocycles. The molecule has 0 unspecified atom stereocenters. The van der Waals surface area contributed by atoms with Crippen LogP contribution in [0.3, 0.4) is 0 Å². The summed E-state index contributed by atoms with van der Waals surface area (Å²) in [5.41, 5.74) is 1.00. The molecule has 0 aliphatic heterocycles. The summed E-state index contributed by atoms with van der Waals surface area (Å²) < 4.78 is 1.03. The van der Waals surface area contributed by atoms with Crippen molar-refractivity contribution in [3.05, 3.63) is 34.8 Å². The van der Waals surface area contributed by atoms with Crippen LogP contribution in [0, 0.1) is 0 Å². The van der Waals surface area contributed by atoms with E-state index in [0.29, 0.717) is 6.04 Å². The number of pyridine rings is 1. The van der Waals surface area contributed by atoms with Gasteiger partial charge in [-0.1, -0.05) is 12.1 Å². The van der Waals surface area contributed by atoms with Gasteiger partial charge >= 0.3 is 0 Å². The van der Waals surface area contributed by atoms with Gasteiger partial charge in [0, 0.05) is 15.9 Å². The Morgan fingerprint density at radius 2 is 2.00 bits per heavy atom. The lowest BCUT2D eigenvalue weighted by molar-refractivity contribution is 0.891. The van der Waals surface area contributed by atoms with Crippen molar-refractivity contribution in [1.29, 1.82) is 0 Å². The minimum atomic E-state index is 0.400. The molecule has 78 valence electrons. The molecular weight excluding hydrogens is 252 g/mol. The Labute approximate surface area is 97.8 Å². The molecule has 0 bridgehead atoms. The standard InChI is InChI=1S/C12H13BrN2/c1-8(2)14-11-7-6-9-4-3-5-10(13)12(9)15-11/h3-8H,1-2H3,(H,14,15). The SMILES string of the molecule is CC(C)Nc1ccc2cccc(Br)c2n1. The molecule has 1 aromatic carbocycles. The zero-order chi connectivity index (χ0) is 10.8. The number of benzene rings is 1. The highest BCUT2D eigenvalue weighted by molar-refractivity contribution is 9.10. The molecule has 2 aromatic rings. The van der Waals surface area contributed by atoms with E-state index in [0.717, 1.165) is 21.2 Å². The maximum Gasteiger partial charge on any atom is 0.126 e. The normalized spacial score (nSPS) is 10.9. The molecule has 0 saturated carbocycles. The van der Waals surface area contributed by atoms with E-state index in [1.807, 2.05) is 18.2 Å². The van der Waals surface area contributed by atoms with Gasteiger partial charge in [-0.3, -0.25) is 0 Å². The predicted molar refractivity (Wildman–Crippen MR) is 68.2 cm³/mol. The van der Waals surface area contributed by atoms with Crippen LogP contribution in [-0.2, 0) is 0 Å². The highest BCUT2D eigenvalue weighted by Gasteiger charge is 2.02. The maximum absolute atomic E-state index is 4.56. The largest absolute Gasteiger partial charge is 0.368 e. The fourth-order valence-corrected chi connectivity index (χ4v) is 1.96. The summed E-state index contributed by atoms with van der Waals surface area (Å²) >= 11 is 3.51. The number of nitrogens with zero attached hydrogens (tertiary/aromatic N) is 1. The van der Waals surface area contributed by atoms with Crippen LogP contribution < -0.4 is 5.32 Å². The lowest BCUT2D eigenvalue weighted by Gasteiger charge is -2.09. The average molecular weight is 265 g/mol. The van der Waals surface area contributed by atoms with Gasteiger partial charge in [0.25, 0.3) is 0 Å². The molecular formula is C12H13BrN2. The van der Waals surface area contributed by atoms with Gasteiger partial charge in [-0.25, -0.2) is 4.98 Å². The predicted octanol–water partition coefficient (Wildman–Crippen LogP) is 3.82. The molecule has 0 atom stereocenters. The molecule has 0 saturated heterocycles. The zero-order valence-corrected chi connectivity index (χ0v) is 10.4. The molecule has 3 heteroatoms. The van der Waals surface area contributed by atoms with E-state index in [2.05, 4.69) is 52.2 Å². The number of aromatic nitrogens is 1. The monoisotopic (exact) mass is 264 g/mol. The molecule has 1 heterocycles. The second kappa shape index (κ2) is 4.19. The van der Waals surface area contributed by atoms with E-state index in [1.165, 1.54) is 0 Å². The number of hydrogen-bond acceptors (Lipinski definition) is 2. The summed E-state index contributed by atoms with van der Waals surface area (Å²) in [6, 6.07) is 10.6. The van der Waals surface area contributed by atoms with Crippen LogP contribution >= 0.6 is 15.9 Å². The minimum absolute atomic E-state index is 0.400. The number of hydrogen-bond donors (Lipinski definition) is 1. The number of nitrogens with one attached hydrogen (secondary N) is 1. The van der Waals surface area contributed by atoms with Crippen LogP contribution in [-0.4, -0.2) is 11.0 Å². The topological polar surface area (TPSA) is 24.9 Å². The third-order valence-corrected chi connectivity index (χ3v) is 2.75. The van der Waals surface area contributed by atoms with Gasteiger partial charge < -0.3 is 5.32 Å². The summed E-state index contributed by atoms with van der Waals surface area (Å²) in [5, 5.41) is 4.44. The van der Waals surface area contributed by atoms with Crippen molar-refractivity contribution in [2.24, 2.45) is 0 Å². The quantitative estimate of drug-likeness (QED) is 0.892. The first kappa shape index (κ1) is 10.4. The van der Waals surface area contributed by atoms with Gasteiger partial charge in [0.05, 0.1) is 5.52 Å². The first-order valence-electron chi connectivity index (χ1n) is 4.98. The Morgan fingerprint density at radius 1 is 1.20 bits per heavy atom. The van der Waals surface area contributed by atoms with Crippen LogP contribution in [0.4, 0.5) is 5.82 Å². The van der Waals surface area contributed by atoms with E-state index in [4.69, 9.17) is 0 Å². The molecule has 0 radical (unpaired) electrons. The first-order valence-corrected chi connectivity index (χ1v) is 5.78. The molecule has 0 aliphatic carbocycles. The van der Waals surface area contributed by atoms with Crippen LogP contribution in [0.25, 0.3) is 10.9 Å². The highest BCUT2D eigenvalue weighted by Crippen LogP contribution is 2.23. The minimum Gasteiger partial charge on any atom is -0.368 e. The van der Waals surface area contributed by atoms with Crippen LogP contribution in [0.2, 0.25) is 0 Å². The first-order chi connectivity index (χ1) is 7.16. The zero-order valence-electron chi connectivity index (χ0n) is 8.79. The van der Waals surface area contributed by atoms with Crippen molar-refractivity contribution >= 4 is 32.7 Å². The number of para-hydroxylation sites is 1. The van der Waals surface area contributed by atoms with Crippen molar-refractivity contribution in [3.63, 3.8) is 0 Å². The van der Waals surface area contributed by atoms with Crippen molar-refractivity contribution in [3.8, 4) is 0 Å². The van der Waals surface area contributed by atoms with Gasteiger partial charge in [-0.15, -0.1) is 0 Å². The summed E-state index contributed by atoms with van der Waals surface area (Å²) in [6.07, 6.45) is 0. The lowest BCUT2D eigenvalue weighted by Crippen LogP contribution is -2.10. The summed E-state index contributed by atoms with van der Waals surface area (Å²) in [4.78, 5) is 4.56. The maximum atomic E-state index is 4.56. The Bertz CT molecular complexity index is 480. The van der Waals surface area contributed by atoms with Gasteiger partial charge in [0.15, 0.2) is 0 Å². The molecule has 0 aliphatic rings. The summed E-state index contributed by atoms with van der Waals surface area (Å²) in [6.45, 7) is 4.21. The highest BCUT2D eigenvalue weighted by atomic mass is 79.9. The summed E-state index contributed by atoms with van der Waals surface area (Å²) in [5.74, 6) is 0.921. The Hall–Kier alpha value is -1.09. The molecule has 2 rings (SSSR count). The van der Waals surface area contributed by atoms with E-state index in [1.54, 1.807) is 0 Å². The van der Waals surface area contributed by atoms with Gasteiger partial charge in [0.2, 0.25) is 0 Å². The van der Waals surface area contributed by atoms with Crippen molar-refractivity contribution in [2.45, 2.75) is 19.9 Å². The van der Waals surface area contributed by atoms with Crippen molar-refractivity contribution < 1.29 is 0 Å². The molecule has 0 amide bonds. The molecule has 1 N–H and O–H groups in total. The number of anilines is 1. The van der Waals surface area contributed by atoms with Gasteiger partial charge in [-0.05, 0) is 48.0 Å². The van der Waals surface area contributed by atoms with Crippen molar-refractivity contribution in [1.82, 2.24) is 4.98 Å². The molecule has 2 nitrogen and oxygen atoms in total. The Morgan fingerprint density at radius 3 is 2.73 bits per heavy atom. The molecule has 0 fully saturated rings. The van der Waals surface area contributed by atoms with Crippen LogP contribution in [0.15, 0.2) is 34.8 Å². The average Bonchev–Trinajstić information content (AvgIpc) is 2.18. The smallest absolute Gasteiger partial charge is 0.126 e. The lowest BCUT2D eigenvalue weighted by atomic mass is 10.2. The second-order valence-electron chi connectivity index (χ2n) is 3.81. The van der Waals surface area contributed by atoms with Crippen molar-refractivity contribution in [2.75, 3.05) is 5.32 Å². The second-order valence-corrected chi connectivity index (χ2v) is 4.66. The van der Waals surface area contributed by atoms with E-state index >= 15 is 0 Å². The summed E-state index contributed by atoms with van der Waals surface area (Å²) in [7, 11) is 0.